The lowest BCUT2D eigenvalue weighted by atomic mass is 9.74. The largest absolute Gasteiger partial charge is 0.461 e. The average Bonchev–Trinajstić information content (AvgIpc) is 3.16. The summed E-state index contributed by atoms with van der Waals surface area (Å²) < 4.78 is 12.2. The number of amides is 2. The van der Waals surface area contributed by atoms with Crippen LogP contribution in [-0.4, -0.2) is 75.7 Å². The average molecular weight is 507 g/mol. The topological polar surface area (TPSA) is 96.4 Å². The van der Waals surface area contributed by atoms with Gasteiger partial charge in [-0.05, 0) is 31.4 Å². The van der Waals surface area contributed by atoms with E-state index in [1.807, 2.05) is 47.4 Å². The van der Waals surface area contributed by atoms with Crippen LogP contribution in [0.1, 0.15) is 50.6 Å². The fraction of sp³-hybridized carbons (Fsp3) is 0.552. The van der Waals surface area contributed by atoms with Crippen molar-refractivity contribution in [2.24, 2.45) is 11.8 Å². The molecule has 4 heterocycles. The number of aliphatic hydroxyl groups is 1. The summed E-state index contributed by atoms with van der Waals surface area (Å²) in [6, 6.07) is 7.58. The molecule has 8 heteroatoms. The first-order valence-corrected chi connectivity index (χ1v) is 13.4. The maximum Gasteiger partial charge on any atom is 0.313 e. The summed E-state index contributed by atoms with van der Waals surface area (Å²) in [5, 5.41) is 10.6. The lowest BCUT2D eigenvalue weighted by Crippen LogP contribution is -2.58. The van der Waals surface area contributed by atoms with Crippen LogP contribution in [0.4, 0.5) is 0 Å². The Kier molecular flexibility index (Phi) is 5.99. The van der Waals surface area contributed by atoms with Crippen LogP contribution < -0.4 is 0 Å². The summed E-state index contributed by atoms with van der Waals surface area (Å²) in [5.41, 5.74) is -1.71. The lowest BCUT2D eigenvalue weighted by Gasteiger charge is -2.42. The maximum atomic E-state index is 14.5. The summed E-state index contributed by atoms with van der Waals surface area (Å²) in [6.45, 7) is 1.98. The number of hydrogen-bond acceptors (Lipinski definition) is 6. The van der Waals surface area contributed by atoms with Crippen molar-refractivity contribution in [3.63, 3.8) is 0 Å². The molecule has 1 aliphatic carbocycles. The van der Waals surface area contributed by atoms with Crippen molar-refractivity contribution < 1.29 is 29.0 Å². The van der Waals surface area contributed by atoms with Crippen molar-refractivity contribution in [1.29, 1.82) is 0 Å². The van der Waals surface area contributed by atoms with Gasteiger partial charge >= 0.3 is 5.97 Å². The minimum atomic E-state index is -1.35. The number of aliphatic hydroxyl groups excluding tert-OH is 1. The first kappa shape index (κ1) is 24.4. The van der Waals surface area contributed by atoms with E-state index in [1.54, 1.807) is 19.1 Å². The highest BCUT2D eigenvalue weighted by molar-refractivity contribution is 5.99. The molecule has 3 fully saturated rings. The van der Waals surface area contributed by atoms with Gasteiger partial charge in [-0.2, -0.15) is 0 Å². The van der Waals surface area contributed by atoms with Gasteiger partial charge in [0.2, 0.25) is 11.8 Å². The second-order valence-electron chi connectivity index (χ2n) is 11.1. The SMILES string of the molecule is C[C@]12C=CCOC(=O)[C@H]1[C@H]1C(=O)N([C@H](CO)c3ccccc3)C3C(=O)N(C4CCCCC4)CC=C[C@@]31O2. The van der Waals surface area contributed by atoms with Crippen LogP contribution in [-0.2, 0) is 23.9 Å². The number of fused-ring (bicyclic) bond motifs is 2. The molecule has 0 radical (unpaired) electrons. The van der Waals surface area contributed by atoms with Crippen LogP contribution >= 0.6 is 0 Å². The number of esters is 1. The van der Waals surface area contributed by atoms with Crippen LogP contribution in [0.2, 0.25) is 0 Å². The van der Waals surface area contributed by atoms with Crippen molar-refractivity contribution in [1.82, 2.24) is 9.80 Å². The van der Waals surface area contributed by atoms with E-state index in [0.29, 0.717) is 6.54 Å². The molecular weight excluding hydrogens is 472 g/mol. The van der Waals surface area contributed by atoms with E-state index in [4.69, 9.17) is 9.47 Å². The maximum absolute atomic E-state index is 14.5. The van der Waals surface area contributed by atoms with Crippen LogP contribution in [0, 0.1) is 11.8 Å². The fourth-order valence-electron chi connectivity index (χ4n) is 7.40. The van der Waals surface area contributed by atoms with Crippen molar-refractivity contribution in [3.8, 4) is 0 Å². The molecule has 1 spiro atoms. The van der Waals surface area contributed by atoms with Gasteiger partial charge in [-0.1, -0.05) is 67.8 Å². The highest BCUT2D eigenvalue weighted by Gasteiger charge is 2.75. The molecule has 1 N–H and O–H groups in total. The van der Waals surface area contributed by atoms with Gasteiger partial charge in [-0.15, -0.1) is 0 Å². The molecule has 1 unspecified atom stereocenters. The smallest absolute Gasteiger partial charge is 0.313 e. The number of nitrogens with zero attached hydrogens (tertiary/aromatic N) is 2. The monoisotopic (exact) mass is 506 g/mol. The quantitative estimate of drug-likeness (QED) is 0.498. The highest BCUT2D eigenvalue weighted by atomic mass is 16.6. The summed E-state index contributed by atoms with van der Waals surface area (Å²) in [5.74, 6) is -2.89. The standard InChI is InChI=1S/C29H34N2O6/c1-28-14-9-17-36-27(35)23(28)22-25(33)31(21(18-32)19-10-4-2-5-11-19)24-26(34)30(20-12-6-3-7-13-20)16-8-15-29(22,24)37-28/h2,4-5,8-11,14-15,20-24,32H,3,6-7,12-13,16-18H2,1H3/t21-,22+,23-,24?,28+,29+/m1/s1. The van der Waals surface area contributed by atoms with Gasteiger partial charge in [0.05, 0.1) is 24.2 Å². The summed E-state index contributed by atoms with van der Waals surface area (Å²) in [7, 11) is 0. The third kappa shape index (κ3) is 3.60. The number of cyclic esters (lactones) is 1. The number of carbonyl (C=O) groups excluding carboxylic acids is 3. The zero-order valence-electron chi connectivity index (χ0n) is 21.1. The fourth-order valence-corrected chi connectivity index (χ4v) is 7.40. The van der Waals surface area contributed by atoms with Gasteiger partial charge in [0.15, 0.2) is 0 Å². The molecule has 1 saturated carbocycles. The summed E-state index contributed by atoms with van der Waals surface area (Å²) in [6.07, 6.45) is 12.5. The van der Waals surface area contributed by atoms with E-state index in [9.17, 15) is 19.5 Å². The Bertz CT molecular complexity index is 1140. The molecule has 196 valence electrons. The predicted octanol–water partition coefficient (Wildman–Crippen LogP) is 2.54. The highest BCUT2D eigenvalue weighted by Crippen LogP contribution is 2.58. The van der Waals surface area contributed by atoms with E-state index in [0.717, 1.165) is 37.7 Å². The van der Waals surface area contributed by atoms with Crippen molar-refractivity contribution >= 4 is 17.8 Å². The van der Waals surface area contributed by atoms with Gasteiger partial charge in [0.1, 0.15) is 24.2 Å². The van der Waals surface area contributed by atoms with Gasteiger partial charge < -0.3 is 24.4 Å². The normalized spacial score (nSPS) is 36.5. The zero-order valence-corrected chi connectivity index (χ0v) is 21.1. The third-order valence-electron chi connectivity index (χ3n) is 8.99. The van der Waals surface area contributed by atoms with Crippen LogP contribution in [0.3, 0.4) is 0 Å². The molecule has 1 aromatic carbocycles. The Morgan fingerprint density at radius 3 is 2.49 bits per heavy atom. The minimum absolute atomic E-state index is 0.0914. The molecule has 8 nitrogen and oxygen atoms in total. The Balaban J connectivity index is 1.51. The van der Waals surface area contributed by atoms with Crippen molar-refractivity contribution in [3.05, 3.63) is 60.2 Å². The summed E-state index contributed by atoms with van der Waals surface area (Å²) in [4.78, 5) is 45.6. The Hall–Kier alpha value is -2.97. The molecular formula is C29H34N2O6. The third-order valence-corrected chi connectivity index (χ3v) is 8.99. The van der Waals surface area contributed by atoms with Crippen LogP contribution in [0.15, 0.2) is 54.6 Å². The van der Waals surface area contributed by atoms with Crippen molar-refractivity contribution in [2.75, 3.05) is 19.8 Å². The van der Waals surface area contributed by atoms with Gasteiger partial charge in [0.25, 0.3) is 0 Å². The molecule has 4 aliphatic heterocycles. The molecule has 5 aliphatic rings. The molecule has 6 atom stereocenters. The van der Waals surface area contributed by atoms with E-state index < -0.39 is 41.1 Å². The number of benzene rings is 1. The Morgan fingerprint density at radius 1 is 1.00 bits per heavy atom. The van der Waals surface area contributed by atoms with E-state index in [1.165, 1.54) is 4.90 Å². The minimum Gasteiger partial charge on any atom is -0.461 e. The van der Waals surface area contributed by atoms with Crippen molar-refractivity contribution in [2.45, 2.75) is 68.4 Å². The predicted molar refractivity (Wildman–Crippen MR) is 134 cm³/mol. The molecule has 37 heavy (non-hydrogen) atoms. The van der Waals surface area contributed by atoms with Gasteiger partial charge in [-0.25, -0.2) is 0 Å². The van der Waals surface area contributed by atoms with E-state index in [2.05, 4.69) is 0 Å². The number of likely N-dealkylation sites (tertiary alicyclic amines) is 1. The summed E-state index contributed by atoms with van der Waals surface area (Å²) >= 11 is 0. The number of rotatable bonds is 4. The van der Waals surface area contributed by atoms with Gasteiger partial charge in [0, 0.05) is 12.6 Å². The Labute approximate surface area is 216 Å². The molecule has 6 rings (SSSR count). The molecule has 0 bridgehead atoms. The molecule has 0 aromatic heterocycles. The molecule has 2 saturated heterocycles. The number of ether oxygens (including phenoxy) is 2. The van der Waals surface area contributed by atoms with Gasteiger partial charge in [-0.3, -0.25) is 14.4 Å². The van der Waals surface area contributed by atoms with E-state index in [-0.39, 0.29) is 31.1 Å². The lowest BCUT2D eigenvalue weighted by molar-refractivity contribution is -0.160. The second kappa shape index (κ2) is 9.10. The Morgan fingerprint density at radius 2 is 1.76 bits per heavy atom. The first-order chi connectivity index (χ1) is 17.9. The second-order valence-corrected chi connectivity index (χ2v) is 11.1. The molecule has 2 amide bonds. The number of hydrogen-bond donors (Lipinski definition) is 1. The molecule has 1 aromatic rings. The zero-order chi connectivity index (χ0) is 25.8. The van der Waals surface area contributed by atoms with E-state index >= 15 is 0 Å². The van der Waals surface area contributed by atoms with Crippen LogP contribution in [0.25, 0.3) is 0 Å². The van der Waals surface area contributed by atoms with Crippen LogP contribution in [0.5, 0.6) is 0 Å². The number of carbonyl (C=O) groups is 3. The first-order valence-electron chi connectivity index (χ1n) is 13.4.